The number of nitrogens with zero attached hydrogens (tertiary/aromatic N) is 3. The molecule has 2 aromatic rings. The highest BCUT2D eigenvalue weighted by molar-refractivity contribution is 6.31. The van der Waals surface area contributed by atoms with E-state index in [0.29, 0.717) is 31.1 Å². The Bertz CT molecular complexity index is 675. The van der Waals surface area contributed by atoms with Gasteiger partial charge in [0.05, 0.1) is 30.5 Å². The van der Waals surface area contributed by atoms with Gasteiger partial charge in [-0.3, -0.25) is 9.48 Å². The van der Waals surface area contributed by atoms with Crippen LogP contribution in [0.3, 0.4) is 0 Å². The van der Waals surface area contributed by atoms with Gasteiger partial charge in [-0.25, -0.2) is 0 Å². The Labute approximate surface area is 134 Å². The predicted octanol–water partition coefficient (Wildman–Crippen LogP) is 2.72. The van der Waals surface area contributed by atoms with Crippen molar-refractivity contribution in [1.82, 2.24) is 14.7 Å². The van der Waals surface area contributed by atoms with Crippen molar-refractivity contribution in [1.29, 1.82) is 0 Å². The van der Waals surface area contributed by atoms with E-state index in [1.54, 1.807) is 6.20 Å². The van der Waals surface area contributed by atoms with Crippen LogP contribution in [0.15, 0.2) is 24.4 Å². The highest BCUT2D eigenvalue weighted by Crippen LogP contribution is 2.19. The fourth-order valence-electron chi connectivity index (χ4n) is 2.96. The van der Waals surface area contributed by atoms with Gasteiger partial charge < -0.3 is 9.64 Å². The van der Waals surface area contributed by atoms with E-state index in [0.717, 1.165) is 10.9 Å². The molecule has 1 aliphatic heterocycles. The Morgan fingerprint density at radius 1 is 1.36 bits per heavy atom. The third-order valence-electron chi connectivity index (χ3n) is 3.92. The van der Waals surface area contributed by atoms with E-state index in [2.05, 4.69) is 5.10 Å². The lowest BCUT2D eigenvalue weighted by Crippen LogP contribution is -2.48. The number of carbonyl (C=O) groups is 1. The minimum atomic E-state index is 0.0945. The van der Waals surface area contributed by atoms with E-state index in [9.17, 15) is 4.79 Å². The van der Waals surface area contributed by atoms with Crippen molar-refractivity contribution in [3.63, 3.8) is 0 Å². The molecule has 22 heavy (non-hydrogen) atoms. The van der Waals surface area contributed by atoms with Gasteiger partial charge in [-0.2, -0.15) is 5.10 Å². The van der Waals surface area contributed by atoms with E-state index < -0.39 is 0 Å². The molecule has 1 aromatic carbocycles. The Kier molecular flexibility index (Phi) is 4.36. The highest BCUT2D eigenvalue weighted by atomic mass is 35.5. The standard InChI is InChI=1S/C16H20ClN3O2/c1-11-9-19(10-12(2)22-11)16(21)5-6-20-15-7-14(17)4-3-13(15)8-18-20/h3-4,7-8,11-12H,5-6,9-10H2,1-2H3/t11-,12-/m0/s1. The van der Waals surface area contributed by atoms with Crippen LogP contribution in [0.1, 0.15) is 20.3 Å². The van der Waals surface area contributed by atoms with Crippen molar-refractivity contribution in [2.45, 2.75) is 39.0 Å². The number of carbonyl (C=O) groups excluding carboxylic acids is 1. The van der Waals surface area contributed by atoms with Gasteiger partial charge in [0.1, 0.15) is 0 Å². The van der Waals surface area contributed by atoms with Gasteiger partial charge in [-0.1, -0.05) is 11.6 Å². The average molecular weight is 322 g/mol. The van der Waals surface area contributed by atoms with Gasteiger partial charge >= 0.3 is 0 Å². The van der Waals surface area contributed by atoms with Gasteiger partial charge in [-0.05, 0) is 32.0 Å². The molecule has 2 atom stereocenters. The number of amides is 1. The molecule has 2 heterocycles. The van der Waals surface area contributed by atoms with Gasteiger partial charge in [-0.15, -0.1) is 0 Å². The van der Waals surface area contributed by atoms with E-state index in [1.165, 1.54) is 0 Å². The van der Waals surface area contributed by atoms with Gasteiger partial charge in [0.15, 0.2) is 0 Å². The maximum absolute atomic E-state index is 12.4. The fraction of sp³-hybridized carbons (Fsp3) is 0.500. The van der Waals surface area contributed by atoms with E-state index in [1.807, 2.05) is 41.6 Å². The Morgan fingerprint density at radius 2 is 2.09 bits per heavy atom. The number of aromatic nitrogens is 2. The van der Waals surface area contributed by atoms with Gasteiger partial charge in [0.2, 0.25) is 5.91 Å². The van der Waals surface area contributed by atoms with Crippen molar-refractivity contribution in [3.05, 3.63) is 29.4 Å². The van der Waals surface area contributed by atoms with Crippen LogP contribution >= 0.6 is 11.6 Å². The zero-order chi connectivity index (χ0) is 15.7. The number of morpholine rings is 1. The lowest BCUT2D eigenvalue weighted by Gasteiger charge is -2.35. The first-order valence-electron chi connectivity index (χ1n) is 7.57. The summed E-state index contributed by atoms with van der Waals surface area (Å²) in [6.45, 7) is 5.88. The molecule has 6 heteroatoms. The van der Waals surface area contributed by atoms with Crippen molar-refractivity contribution in [2.75, 3.05) is 13.1 Å². The van der Waals surface area contributed by atoms with Crippen molar-refractivity contribution in [3.8, 4) is 0 Å². The molecule has 0 aliphatic carbocycles. The van der Waals surface area contributed by atoms with Crippen LogP contribution in [0.2, 0.25) is 5.02 Å². The van der Waals surface area contributed by atoms with Crippen molar-refractivity contribution < 1.29 is 9.53 Å². The van der Waals surface area contributed by atoms with Crippen molar-refractivity contribution >= 4 is 28.4 Å². The third-order valence-corrected chi connectivity index (χ3v) is 4.15. The molecule has 5 nitrogen and oxygen atoms in total. The zero-order valence-corrected chi connectivity index (χ0v) is 13.6. The average Bonchev–Trinajstić information content (AvgIpc) is 2.86. The quantitative estimate of drug-likeness (QED) is 0.873. The molecule has 0 radical (unpaired) electrons. The van der Waals surface area contributed by atoms with E-state index >= 15 is 0 Å². The SMILES string of the molecule is C[C@H]1CN(C(=O)CCn2ncc3ccc(Cl)cc32)C[C@H](C)O1. The first-order chi connectivity index (χ1) is 10.5. The minimum absolute atomic E-state index is 0.0945. The third kappa shape index (κ3) is 3.25. The molecule has 0 bridgehead atoms. The maximum atomic E-state index is 12.4. The molecule has 1 saturated heterocycles. The molecule has 0 unspecified atom stereocenters. The smallest absolute Gasteiger partial charge is 0.224 e. The number of hydrogen-bond donors (Lipinski definition) is 0. The molecule has 1 aliphatic rings. The second-order valence-electron chi connectivity index (χ2n) is 5.88. The summed E-state index contributed by atoms with van der Waals surface area (Å²) in [5.41, 5.74) is 0.962. The Hall–Kier alpha value is -1.59. The summed E-state index contributed by atoms with van der Waals surface area (Å²) in [6.07, 6.45) is 2.42. The van der Waals surface area contributed by atoms with Gasteiger partial charge in [0.25, 0.3) is 0 Å². The summed E-state index contributed by atoms with van der Waals surface area (Å²) in [6, 6.07) is 5.67. The van der Waals surface area contributed by atoms with Crippen LogP contribution in [-0.2, 0) is 16.1 Å². The number of benzene rings is 1. The zero-order valence-electron chi connectivity index (χ0n) is 12.8. The van der Waals surface area contributed by atoms with Gasteiger partial charge in [0, 0.05) is 29.9 Å². The number of fused-ring (bicyclic) bond motifs is 1. The summed E-state index contributed by atoms with van der Waals surface area (Å²) in [7, 11) is 0. The molecule has 1 amide bonds. The molecular formula is C16H20ClN3O2. The molecule has 0 N–H and O–H groups in total. The summed E-state index contributed by atoms with van der Waals surface area (Å²) in [5.74, 6) is 0.146. The summed E-state index contributed by atoms with van der Waals surface area (Å²) in [5, 5.41) is 6.06. The molecular weight excluding hydrogens is 302 g/mol. The maximum Gasteiger partial charge on any atom is 0.224 e. The highest BCUT2D eigenvalue weighted by Gasteiger charge is 2.25. The fourth-order valence-corrected chi connectivity index (χ4v) is 3.13. The first kappa shape index (κ1) is 15.3. The lowest BCUT2D eigenvalue weighted by atomic mass is 10.2. The lowest BCUT2D eigenvalue weighted by molar-refractivity contribution is -0.143. The monoisotopic (exact) mass is 321 g/mol. The number of halogens is 1. The van der Waals surface area contributed by atoms with Crippen LogP contribution in [-0.4, -0.2) is 45.9 Å². The van der Waals surface area contributed by atoms with Crippen LogP contribution in [0.5, 0.6) is 0 Å². The number of hydrogen-bond acceptors (Lipinski definition) is 3. The molecule has 0 spiro atoms. The number of aryl methyl sites for hydroxylation is 1. The molecule has 118 valence electrons. The summed E-state index contributed by atoms with van der Waals surface area (Å²) < 4.78 is 7.50. The largest absolute Gasteiger partial charge is 0.372 e. The van der Waals surface area contributed by atoms with Crippen LogP contribution in [0.4, 0.5) is 0 Å². The minimum Gasteiger partial charge on any atom is -0.372 e. The second-order valence-corrected chi connectivity index (χ2v) is 6.31. The van der Waals surface area contributed by atoms with E-state index in [4.69, 9.17) is 16.3 Å². The predicted molar refractivity (Wildman–Crippen MR) is 85.9 cm³/mol. The summed E-state index contributed by atoms with van der Waals surface area (Å²) >= 11 is 6.03. The van der Waals surface area contributed by atoms with Crippen LogP contribution in [0, 0.1) is 0 Å². The number of ether oxygens (including phenoxy) is 1. The van der Waals surface area contributed by atoms with Crippen LogP contribution < -0.4 is 0 Å². The topological polar surface area (TPSA) is 47.4 Å². The van der Waals surface area contributed by atoms with Crippen LogP contribution in [0.25, 0.3) is 10.9 Å². The first-order valence-corrected chi connectivity index (χ1v) is 7.95. The molecule has 0 saturated carbocycles. The summed E-state index contributed by atoms with van der Waals surface area (Å²) in [4.78, 5) is 14.3. The van der Waals surface area contributed by atoms with E-state index in [-0.39, 0.29) is 18.1 Å². The Balaban J connectivity index is 1.66. The Morgan fingerprint density at radius 3 is 2.82 bits per heavy atom. The molecule has 1 fully saturated rings. The molecule has 3 rings (SSSR count). The number of rotatable bonds is 3. The molecule has 1 aromatic heterocycles. The normalized spacial score (nSPS) is 22.2. The second kappa shape index (κ2) is 6.26. The van der Waals surface area contributed by atoms with Crippen molar-refractivity contribution in [2.24, 2.45) is 0 Å².